The van der Waals surface area contributed by atoms with Crippen LogP contribution >= 0.6 is 0 Å². The van der Waals surface area contributed by atoms with E-state index >= 15 is 0 Å². The van der Waals surface area contributed by atoms with Crippen LogP contribution in [0, 0.1) is 0 Å². The van der Waals surface area contributed by atoms with Gasteiger partial charge in [-0.15, -0.1) is 0 Å². The van der Waals surface area contributed by atoms with Gasteiger partial charge in [-0.25, -0.2) is 19.6 Å². The van der Waals surface area contributed by atoms with Gasteiger partial charge in [0.1, 0.15) is 0 Å². The maximum absolute atomic E-state index is 11.9. The van der Waals surface area contributed by atoms with E-state index in [9.17, 15) is 19.2 Å². The number of unbranched alkanes of at least 4 members (excludes halogenated alkanes) is 44. The maximum atomic E-state index is 11.9. The van der Waals surface area contributed by atoms with Crippen LogP contribution in [0.2, 0.25) is 0 Å². The number of carbonyl (C=O) groups excluding carboxylic acids is 4. The Labute approximate surface area is 690 Å². The summed E-state index contributed by atoms with van der Waals surface area (Å²) in [6, 6.07) is 13.4. The van der Waals surface area contributed by atoms with Crippen molar-refractivity contribution in [2.24, 2.45) is 0 Å². The molecule has 4 aromatic rings. The highest BCUT2D eigenvalue weighted by Gasteiger charge is 2.22. The number of ether oxygens (including phenoxy) is 10. The highest BCUT2D eigenvalue weighted by Crippen LogP contribution is 2.48. The van der Waals surface area contributed by atoms with Gasteiger partial charge in [0.05, 0.1) is 92.5 Å². The Morgan fingerprint density at radius 2 is 0.316 bits per heavy atom. The molecule has 0 aromatic heterocycles. The van der Waals surface area contributed by atoms with Crippen LogP contribution in [0.5, 0.6) is 34.5 Å². The molecule has 4 rings (SSSR count). The second-order valence-electron chi connectivity index (χ2n) is 31.0. The molecule has 18 heteroatoms. The van der Waals surface area contributed by atoms with Gasteiger partial charge in [0.15, 0.2) is 34.5 Å². The molecular weight excluding hydrogens is 1440 g/mol. The summed E-state index contributed by atoms with van der Waals surface area (Å²) in [6.07, 6.45) is 56.3. The second kappa shape index (κ2) is 71.3. The van der Waals surface area contributed by atoms with Crippen molar-refractivity contribution >= 4 is 56.2 Å². The topological polar surface area (TPSA) is 197 Å². The maximum Gasteiger partial charge on any atom is 0.305 e. The number of fused-ring (bicyclic) bond motifs is 6. The van der Waals surface area contributed by atoms with Crippen molar-refractivity contribution in [3.63, 3.8) is 0 Å². The fraction of sp³-hybridized carbons (Fsp3) is 0.771. The fourth-order valence-corrected chi connectivity index (χ4v) is 14.7. The minimum absolute atomic E-state index is 0.0969. The molecule has 0 amide bonds. The summed E-state index contributed by atoms with van der Waals surface area (Å²) in [5, 5.41) is 6.26. The molecule has 0 saturated heterocycles. The monoisotopic (exact) mass is 1600 g/mol. The molecule has 0 atom stereocenters. The third-order valence-electron chi connectivity index (χ3n) is 21.1. The molecule has 0 radical (unpaired) electrons. The van der Waals surface area contributed by atoms with Crippen molar-refractivity contribution in [3.8, 4) is 34.5 Å². The zero-order valence-corrected chi connectivity index (χ0v) is 72.9. The summed E-state index contributed by atoms with van der Waals surface area (Å²) in [5.74, 6) is 4.06. The largest absolute Gasteiger partial charge is 0.490 e. The van der Waals surface area contributed by atoms with Crippen LogP contribution in [0.25, 0.3) is 32.3 Å². The van der Waals surface area contributed by atoms with Crippen LogP contribution < -0.4 is 28.4 Å². The highest BCUT2D eigenvalue weighted by molar-refractivity contribution is 6.27. The normalized spacial score (nSPS) is 11.5. The molecule has 4 aromatic carbocycles. The first-order valence-corrected chi connectivity index (χ1v) is 46.6. The third-order valence-corrected chi connectivity index (χ3v) is 21.1. The lowest BCUT2D eigenvalue weighted by Gasteiger charge is -2.21. The molecule has 0 aliphatic carbocycles. The van der Waals surface area contributed by atoms with Crippen molar-refractivity contribution in [1.82, 2.24) is 0 Å². The van der Waals surface area contributed by atoms with Gasteiger partial charge in [-0.05, 0) is 187 Å². The van der Waals surface area contributed by atoms with E-state index in [-0.39, 0.29) is 23.9 Å². The Balaban J connectivity index is 1.75. The van der Waals surface area contributed by atoms with E-state index in [1.165, 1.54) is 64.2 Å². The van der Waals surface area contributed by atoms with Crippen molar-refractivity contribution in [1.29, 1.82) is 0 Å². The molecule has 0 spiro atoms. The SMILES string of the molecule is CCOOCCCCCCCCCCCOc1cc2c(cc1OCCCCCCCCCCCOOCC)c1cc(OCCCCCCCCCCC(=O)OCC)c(OCCCCCCCCCCC(=O)OCC)cc1c1cc(OCCCCCCCCCCC(=O)OCC)c(OCCCCCCCCCCC(=O)OCC)cc21. The van der Waals surface area contributed by atoms with Gasteiger partial charge in [-0.3, -0.25) is 19.2 Å². The molecule has 0 aliphatic rings. The number of esters is 4. The number of hydrogen-bond acceptors (Lipinski definition) is 18. The van der Waals surface area contributed by atoms with E-state index < -0.39 is 0 Å². The zero-order chi connectivity index (χ0) is 81.5. The van der Waals surface area contributed by atoms with Crippen LogP contribution in [0.4, 0.5) is 0 Å². The lowest BCUT2D eigenvalue weighted by molar-refractivity contribution is -0.291. The van der Waals surface area contributed by atoms with Crippen LogP contribution in [-0.2, 0) is 57.7 Å². The van der Waals surface area contributed by atoms with Crippen molar-refractivity contribution in [2.75, 3.05) is 92.5 Å². The Morgan fingerprint density at radius 3 is 0.465 bits per heavy atom. The number of carbonyl (C=O) groups is 4. The average molecular weight is 1600 g/mol. The van der Waals surface area contributed by atoms with Crippen LogP contribution in [-0.4, -0.2) is 116 Å². The molecule has 18 nitrogen and oxygen atoms in total. The second-order valence-corrected chi connectivity index (χ2v) is 31.0. The summed E-state index contributed by atoms with van der Waals surface area (Å²) in [5.41, 5.74) is 0. The fourth-order valence-electron chi connectivity index (χ4n) is 14.7. The van der Waals surface area contributed by atoms with E-state index in [4.69, 9.17) is 66.9 Å². The molecule has 0 N–H and O–H groups in total. The molecule has 652 valence electrons. The quantitative estimate of drug-likeness (QED) is 0.0101. The number of hydrogen-bond donors (Lipinski definition) is 0. The van der Waals surface area contributed by atoms with Crippen LogP contribution in [0.3, 0.4) is 0 Å². The van der Waals surface area contributed by atoms with E-state index in [1.54, 1.807) is 0 Å². The Bertz CT molecular complexity index is 2830. The number of rotatable bonds is 82. The van der Waals surface area contributed by atoms with Gasteiger partial charge in [0.2, 0.25) is 0 Å². The van der Waals surface area contributed by atoms with Gasteiger partial charge >= 0.3 is 23.9 Å². The average Bonchev–Trinajstić information content (AvgIpc) is 0.726. The third kappa shape index (κ3) is 49.4. The first kappa shape index (κ1) is 101. The van der Waals surface area contributed by atoms with Gasteiger partial charge in [-0.2, -0.15) is 0 Å². The summed E-state index contributed by atoms with van der Waals surface area (Å²) >= 11 is 0. The minimum atomic E-state index is -0.0974. The smallest absolute Gasteiger partial charge is 0.305 e. The van der Waals surface area contributed by atoms with Crippen molar-refractivity contribution in [2.45, 2.75) is 388 Å². The molecule has 0 fully saturated rings. The van der Waals surface area contributed by atoms with E-state index in [1.807, 2.05) is 41.5 Å². The summed E-state index contributed by atoms with van der Waals surface area (Å²) < 4.78 is 62.4. The molecule has 0 saturated carbocycles. The van der Waals surface area contributed by atoms with Crippen LogP contribution in [0.1, 0.15) is 388 Å². The lowest BCUT2D eigenvalue weighted by atomic mass is 9.93. The van der Waals surface area contributed by atoms with Gasteiger partial charge in [0, 0.05) is 25.7 Å². The standard InChI is InChI=1S/C96H160O18/c1-7-101-93(97)63-51-39-27-15-23-33-45-57-69-107-89-77-83-81-75-87(105-67-55-43-31-19-13-21-37-49-61-73-113-111-11-5)88(106-68-56-44-32-20-14-22-38-50-62-74-114-112-12-6)76-82(81)84-78-90(108-70-58-46-34-24-16-28-40-52-64-94(98)102-8-2)92(110-72-60-48-36-26-18-30-42-54-66-96(100)104-10-4)80-86(84)85(83)79-91(89)109-71-59-47-35-25-17-29-41-53-65-95(99)103-9-3/h75-80H,7-74H2,1-6H3. The van der Waals surface area contributed by atoms with E-state index in [0.717, 1.165) is 324 Å². The molecule has 114 heavy (non-hydrogen) atoms. The van der Waals surface area contributed by atoms with Crippen molar-refractivity contribution in [3.05, 3.63) is 36.4 Å². The Kier molecular flexibility index (Phi) is 62.9. The minimum Gasteiger partial charge on any atom is -0.490 e. The predicted octanol–water partition coefficient (Wildman–Crippen LogP) is 26.7. The molecular formula is C96H160O18. The van der Waals surface area contributed by atoms with Crippen molar-refractivity contribution < 1.29 is 86.1 Å². The zero-order valence-electron chi connectivity index (χ0n) is 72.9. The van der Waals surface area contributed by atoms with Gasteiger partial charge in [-0.1, -0.05) is 244 Å². The van der Waals surface area contributed by atoms with E-state index in [2.05, 4.69) is 36.4 Å². The summed E-state index contributed by atoms with van der Waals surface area (Å²) in [4.78, 5) is 68.3. The predicted molar refractivity (Wildman–Crippen MR) is 463 cm³/mol. The lowest BCUT2D eigenvalue weighted by Crippen LogP contribution is -2.05. The van der Waals surface area contributed by atoms with E-state index in [0.29, 0.717) is 118 Å². The molecule has 0 bridgehead atoms. The first-order chi connectivity index (χ1) is 56.2. The van der Waals surface area contributed by atoms with Crippen LogP contribution in [0.15, 0.2) is 36.4 Å². The summed E-state index contributed by atoms with van der Waals surface area (Å²) in [7, 11) is 0. The highest BCUT2D eigenvalue weighted by atomic mass is 17.2. The molecule has 0 aliphatic heterocycles. The molecule has 0 heterocycles. The van der Waals surface area contributed by atoms with Gasteiger partial charge < -0.3 is 47.4 Å². The Morgan fingerprint density at radius 1 is 0.175 bits per heavy atom. The van der Waals surface area contributed by atoms with Gasteiger partial charge in [0.25, 0.3) is 0 Å². The summed E-state index contributed by atoms with van der Waals surface area (Å²) in [6.45, 7) is 18.9. The first-order valence-electron chi connectivity index (χ1n) is 46.6. The molecule has 0 unspecified atom stereocenters. The number of benzene rings is 4. The Hall–Kier alpha value is -5.82.